The minimum absolute atomic E-state index is 0.00193. The van der Waals surface area contributed by atoms with Gasteiger partial charge in [0.2, 0.25) is 0 Å². The number of hydrogen-bond donors (Lipinski definition) is 1. The normalized spacial score (nSPS) is 17.6. The third kappa shape index (κ3) is 13.6. The van der Waals surface area contributed by atoms with Gasteiger partial charge in [0.15, 0.2) is 0 Å². The summed E-state index contributed by atoms with van der Waals surface area (Å²) in [6, 6.07) is 27.9. The fourth-order valence-electron chi connectivity index (χ4n) is 8.96. The van der Waals surface area contributed by atoms with Crippen LogP contribution in [-0.2, 0) is 26.1 Å². The lowest BCUT2D eigenvalue weighted by Crippen LogP contribution is -2.42. The van der Waals surface area contributed by atoms with Gasteiger partial charge in [0, 0.05) is 36.3 Å². The Morgan fingerprint density at radius 1 is 0.853 bits per heavy atom. The lowest BCUT2D eigenvalue weighted by Gasteiger charge is -2.37. The van der Waals surface area contributed by atoms with Crippen molar-refractivity contribution in [2.24, 2.45) is 11.8 Å². The zero-order valence-electron chi connectivity index (χ0n) is 42.0. The zero-order chi connectivity index (χ0) is 49.5. The first-order chi connectivity index (χ1) is 32.5. The van der Waals surface area contributed by atoms with Crippen LogP contribution in [0.1, 0.15) is 116 Å². The molecule has 366 valence electrons. The van der Waals surface area contributed by atoms with Crippen molar-refractivity contribution in [3.63, 3.8) is 0 Å². The van der Waals surface area contributed by atoms with Crippen molar-refractivity contribution in [1.82, 2.24) is 13.8 Å². The molecule has 1 saturated heterocycles. The second-order valence-corrected chi connectivity index (χ2v) is 19.8. The molecule has 0 amide bonds. The molecule has 1 aliphatic heterocycles. The molecule has 3 aromatic carbocycles. The van der Waals surface area contributed by atoms with E-state index in [-0.39, 0.29) is 43.8 Å². The van der Waals surface area contributed by atoms with Crippen LogP contribution in [0.5, 0.6) is 11.5 Å². The predicted octanol–water partition coefficient (Wildman–Crippen LogP) is 11.2. The van der Waals surface area contributed by atoms with Crippen LogP contribution < -0.4 is 20.7 Å². The highest BCUT2D eigenvalue weighted by Gasteiger charge is 2.45. The summed E-state index contributed by atoms with van der Waals surface area (Å²) < 4.78 is 36.1. The second-order valence-electron chi connectivity index (χ2n) is 18.6. The Balaban J connectivity index is 1.53. The molecule has 1 N–H and O–H groups in total. The van der Waals surface area contributed by atoms with Crippen LogP contribution in [0.3, 0.4) is 0 Å². The van der Waals surface area contributed by atoms with E-state index in [1.165, 1.54) is 20.3 Å². The van der Waals surface area contributed by atoms with Gasteiger partial charge >= 0.3 is 5.69 Å². The molecule has 0 radical (unpaired) electrons. The summed E-state index contributed by atoms with van der Waals surface area (Å²) in [5, 5.41) is 10.9. The van der Waals surface area contributed by atoms with Crippen LogP contribution in [-0.4, -0.2) is 64.3 Å². The van der Waals surface area contributed by atoms with E-state index >= 15 is 0 Å². The number of nitriles is 1. The molecule has 5 rings (SSSR count). The van der Waals surface area contributed by atoms with Crippen LogP contribution in [0.15, 0.2) is 130 Å². The van der Waals surface area contributed by atoms with E-state index < -0.39 is 44.0 Å². The maximum absolute atomic E-state index is 14.5. The largest absolute Gasteiger partial charge is 0.497 e. The summed E-state index contributed by atoms with van der Waals surface area (Å²) in [6.45, 7) is 18.1. The van der Waals surface area contributed by atoms with Crippen LogP contribution in [0.2, 0.25) is 0 Å². The van der Waals surface area contributed by atoms with Crippen molar-refractivity contribution < 1.29 is 28.4 Å². The molecule has 0 bridgehead atoms. The number of rotatable bonds is 24. The number of aromatic nitrogens is 2. The van der Waals surface area contributed by atoms with Crippen molar-refractivity contribution in [3.05, 3.63) is 163 Å². The van der Waals surface area contributed by atoms with E-state index in [9.17, 15) is 19.7 Å². The van der Waals surface area contributed by atoms with Crippen LogP contribution in [0.25, 0.3) is 0 Å². The van der Waals surface area contributed by atoms with Crippen molar-refractivity contribution in [2.75, 3.05) is 27.4 Å². The summed E-state index contributed by atoms with van der Waals surface area (Å²) in [5.41, 5.74) is 4.56. The summed E-state index contributed by atoms with van der Waals surface area (Å²) in [5.74, 6) is 0.0810. The molecule has 5 atom stereocenters. The molecule has 2 heterocycles. The van der Waals surface area contributed by atoms with E-state index in [2.05, 4.69) is 39.0 Å². The Morgan fingerprint density at radius 3 is 1.93 bits per heavy atom. The Kier molecular flexibility index (Phi) is 20.2. The quantitative estimate of drug-likeness (QED) is 0.0410. The Labute approximate surface area is 405 Å². The molecule has 0 spiro atoms. The Hall–Kier alpha value is -5.12. The third-order valence-electron chi connectivity index (χ3n) is 12.7. The van der Waals surface area contributed by atoms with Crippen LogP contribution in [0.4, 0.5) is 0 Å². The number of aryl methyl sites for hydroxylation is 1. The Morgan fingerprint density at radius 2 is 1.40 bits per heavy atom. The molecule has 2 unspecified atom stereocenters. The molecule has 12 nitrogen and oxygen atoms in total. The van der Waals surface area contributed by atoms with E-state index in [0.717, 1.165) is 47.9 Å². The van der Waals surface area contributed by atoms with Gasteiger partial charge in [-0.15, -0.1) is 0 Å². The molecular weight excluding hydrogens is 876 g/mol. The zero-order valence-corrected chi connectivity index (χ0v) is 42.9. The highest BCUT2D eigenvalue weighted by molar-refractivity contribution is 7.43. The highest BCUT2D eigenvalue weighted by Crippen LogP contribution is 2.46. The number of nitrogens with zero attached hydrogens (tertiary/aromatic N) is 4. The first-order valence-electron chi connectivity index (χ1n) is 23.7. The molecule has 4 aromatic rings. The summed E-state index contributed by atoms with van der Waals surface area (Å²) >= 11 is 0. The topological polar surface area (TPSA) is 137 Å². The minimum Gasteiger partial charge on any atom is -0.497 e. The average molecular weight is 949 g/mol. The molecule has 0 saturated carbocycles. The van der Waals surface area contributed by atoms with Crippen molar-refractivity contribution in [2.45, 2.75) is 131 Å². The smallest absolute Gasteiger partial charge is 0.333 e. The van der Waals surface area contributed by atoms with Gasteiger partial charge in [-0.1, -0.05) is 89.5 Å². The second kappa shape index (κ2) is 25.5. The van der Waals surface area contributed by atoms with Gasteiger partial charge in [-0.25, -0.2) is 9.46 Å². The van der Waals surface area contributed by atoms with Crippen molar-refractivity contribution in [1.29, 1.82) is 5.26 Å². The van der Waals surface area contributed by atoms with Gasteiger partial charge in [0.1, 0.15) is 23.3 Å². The van der Waals surface area contributed by atoms with Crippen LogP contribution >= 0.6 is 8.53 Å². The minimum atomic E-state index is -2.02. The van der Waals surface area contributed by atoms with Gasteiger partial charge in [-0.05, 0) is 135 Å². The number of hydrogen-bond acceptors (Lipinski definition) is 10. The SMILES string of the molecule is COc1ccc(C(OC[C@@H]2O[C@@H](n3cc(C)c(=O)n(CC=C(C)CCC=C(C)CCC=C(C)C)c3=O)C[C@H]2C(C#N)COP(O)N(C(C)C)C(C)C)(c2ccccc2)c2ccc(OC)cc2)cc1. The maximum atomic E-state index is 14.5. The van der Waals surface area contributed by atoms with Gasteiger partial charge in [-0.3, -0.25) is 13.9 Å². The highest BCUT2D eigenvalue weighted by atomic mass is 31.2. The lowest BCUT2D eigenvalue weighted by atomic mass is 9.79. The molecule has 68 heavy (non-hydrogen) atoms. The fraction of sp³-hybridized carbons (Fsp3) is 0.473. The van der Waals surface area contributed by atoms with E-state index in [1.54, 1.807) is 27.3 Å². The lowest BCUT2D eigenvalue weighted by molar-refractivity contribution is -0.0882. The van der Waals surface area contributed by atoms with Gasteiger partial charge in [0.05, 0.1) is 45.5 Å². The van der Waals surface area contributed by atoms with E-state index in [4.69, 9.17) is 23.5 Å². The summed E-state index contributed by atoms with van der Waals surface area (Å²) in [4.78, 5) is 39.4. The fourth-order valence-corrected chi connectivity index (χ4v) is 10.2. The number of methoxy groups -OCH3 is 2. The van der Waals surface area contributed by atoms with Gasteiger partial charge < -0.3 is 28.4 Å². The average Bonchev–Trinajstić information content (AvgIpc) is 3.74. The molecular formula is C55H73N4O8P. The number of benzene rings is 3. The monoisotopic (exact) mass is 949 g/mol. The first-order valence-corrected chi connectivity index (χ1v) is 24.9. The first kappa shape index (κ1) is 53.8. The van der Waals surface area contributed by atoms with Gasteiger partial charge in [0.25, 0.3) is 14.1 Å². The molecule has 1 aromatic heterocycles. The van der Waals surface area contributed by atoms with Crippen molar-refractivity contribution in [3.8, 4) is 17.6 Å². The molecule has 13 heteroatoms. The molecule has 0 aliphatic carbocycles. The van der Waals surface area contributed by atoms with E-state index in [1.807, 2.05) is 124 Å². The standard InChI is InChI=1S/C55H73N4O8P/c1-38(2)17-15-18-41(7)19-16-20-42(8)31-32-57-53(60)43(9)35-58(54(57)61)52-33-50(44(34-56)36-66-68(62)59(39(3)4)40(5)6)51(67-52)37-65-55(45-21-13-12-14-22-45,46-23-27-48(63-10)28-24-46)47-25-29-49(64-11)30-26-47/h12-14,17,19,21-31,35,39-40,44,50-52,62H,15-16,18,20,32-33,36-37H2,1-11H3/t44?,50-,51-,52+,68?/m0/s1. The number of ether oxygens (including phenoxy) is 4. The van der Waals surface area contributed by atoms with E-state index in [0.29, 0.717) is 17.1 Å². The predicted molar refractivity (Wildman–Crippen MR) is 272 cm³/mol. The third-order valence-corrected chi connectivity index (χ3v) is 14.3. The molecule has 1 fully saturated rings. The summed E-state index contributed by atoms with van der Waals surface area (Å²) in [6.07, 6.45) is 10.4. The van der Waals surface area contributed by atoms with Gasteiger partial charge in [-0.2, -0.15) is 5.26 Å². The van der Waals surface area contributed by atoms with Crippen molar-refractivity contribution >= 4 is 8.53 Å². The maximum Gasteiger partial charge on any atom is 0.333 e. The van der Waals surface area contributed by atoms with Crippen LogP contribution in [0, 0.1) is 30.1 Å². The Bertz CT molecular complexity index is 2430. The molecule has 1 aliphatic rings. The summed E-state index contributed by atoms with van der Waals surface area (Å²) in [7, 11) is 1.22. The number of allylic oxidation sites excluding steroid dienone is 6.